The van der Waals surface area contributed by atoms with Crippen LogP contribution in [0.3, 0.4) is 0 Å². The molecular weight excluding hydrogens is 164 g/mol. The maximum absolute atomic E-state index is 11.7. The van der Waals surface area contributed by atoms with E-state index in [1.807, 2.05) is 11.9 Å². The minimum absolute atomic E-state index is 0.0574. The summed E-state index contributed by atoms with van der Waals surface area (Å²) < 4.78 is 0. The third-order valence-corrected chi connectivity index (χ3v) is 3.39. The molecule has 0 bridgehead atoms. The second-order valence-corrected chi connectivity index (χ2v) is 4.06. The van der Waals surface area contributed by atoms with E-state index in [0.29, 0.717) is 0 Å². The van der Waals surface area contributed by atoms with E-state index in [9.17, 15) is 4.79 Å². The largest absolute Gasteiger partial charge is 0.326 e. The van der Waals surface area contributed by atoms with Gasteiger partial charge >= 0.3 is 6.03 Å². The van der Waals surface area contributed by atoms with E-state index >= 15 is 0 Å². The number of hydrogen-bond donors (Lipinski definition) is 0. The summed E-state index contributed by atoms with van der Waals surface area (Å²) in [6, 6.07) is 0.186. The normalized spacial score (nSPS) is 18.6. The average Bonchev–Trinajstić information content (AvgIpc) is 2.47. The molecule has 0 N–H and O–H groups in total. The lowest BCUT2D eigenvalue weighted by Crippen LogP contribution is -2.47. The Hall–Kier alpha value is -0.730. The molecule has 3 nitrogen and oxygen atoms in total. The van der Waals surface area contributed by atoms with Gasteiger partial charge in [0.1, 0.15) is 0 Å². The van der Waals surface area contributed by atoms with Gasteiger partial charge in [-0.25, -0.2) is 4.79 Å². The maximum Gasteiger partial charge on any atom is 0.320 e. The molecule has 2 amide bonds. The van der Waals surface area contributed by atoms with Crippen LogP contribution in [0.4, 0.5) is 4.79 Å². The molecule has 76 valence electrons. The summed E-state index contributed by atoms with van der Waals surface area (Å²) in [4.78, 5) is 15.5. The number of rotatable bonds is 3. The van der Waals surface area contributed by atoms with Crippen LogP contribution in [0.25, 0.3) is 0 Å². The van der Waals surface area contributed by atoms with Gasteiger partial charge in [-0.05, 0) is 19.8 Å². The van der Waals surface area contributed by atoms with Gasteiger partial charge in [-0.15, -0.1) is 0 Å². The third-order valence-electron chi connectivity index (χ3n) is 3.39. The molecule has 1 aliphatic rings. The molecule has 1 fully saturated rings. The van der Waals surface area contributed by atoms with Crippen LogP contribution in [0.5, 0.6) is 0 Å². The zero-order chi connectivity index (χ0) is 10.1. The minimum atomic E-state index is 0.0574. The van der Waals surface area contributed by atoms with E-state index in [1.165, 1.54) is 0 Å². The van der Waals surface area contributed by atoms with Crippen molar-refractivity contribution in [3.05, 3.63) is 0 Å². The Balaban J connectivity index is 2.76. The minimum Gasteiger partial charge on any atom is -0.326 e. The maximum atomic E-state index is 11.7. The standard InChI is InChI=1S/C10H20N2O/c1-5-10(3,6-2)12-8-7-11(4)9(12)13/h5-8H2,1-4H3. The molecule has 13 heavy (non-hydrogen) atoms. The molecule has 0 aliphatic carbocycles. The predicted molar refractivity (Wildman–Crippen MR) is 53.7 cm³/mol. The summed E-state index contributed by atoms with van der Waals surface area (Å²) >= 11 is 0. The van der Waals surface area contributed by atoms with Crippen LogP contribution in [0.1, 0.15) is 33.6 Å². The molecule has 1 heterocycles. The summed E-state index contributed by atoms with van der Waals surface area (Å²) in [7, 11) is 1.87. The quantitative estimate of drug-likeness (QED) is 0.657. The van der Waals surface area contributed by atoms with Crippen molar-refractivity contribution in [1.29, 1.82) is 0 Å². The van der Waals surface area contributed by atoms with E-state index in [2.05, 4.69) is 20.8 Å². The number of nitrogens with zero attached hydrogens (tertiary/aromatic N) is 2. The van der Waals surface area contributed by atoms with Gasteiger partial charge in [0.2, 0.25) is 0 Å². The first-order chi connectivity index (χ1) is 6.05. The molecule has 3 heteroatoms. The molecule has 0 aromatic carbocycles. The highest BCUT2D eigenvalue weighted by molar-refractivity contribution is 5.77. The van der Waals surface area contributed by atoms with E-state index in [0.717, 1.165) is 25.9 Å². The first-order valence-electron chi connectivity index (χ1n) is 5.08. The number of carbonyl (C=O) groups excluding carboxylic acids is 1. The lowest BCUT2D eigenvalue weighted by Gasteiger charge is -2.36. The number of urea groups is 1. The summed E-state index contributed by atoms with van der Waals surface area (Å²) in [6.45, 7) is 8.22. The van der Waals surface area contributed by atoms with Crippen molar-refractivity contribution in [2.24, 2.45) is 0 Å². The molecule has 0 unspecified atom stereocenters. The lowest BCUT2D eigenvalue weighted by atomic mass is 9.94. The Kier molecular flexibility index (Phi) is 2.84. The summed E-state index contributed by atoms with van der Waals surface area (Å²) in [5.41, 5.74) is 0.0574. The van der Waals surface area contributed by atoms with Crippen LogP contribution in [-0.4, -0.2) is 41.5 Å². The van der Waals surface area contributed by atoms with Crippen molar-refractivity contribution >= 4 is 6.03 Å². The zero-order valence-corrected chi connectivity index (χ0v) is 9.13. The fourth-order valence-electron chi connectivity index (χ4n) is 1.78. The van der Waals surface area contributed by atoms with Crippen LogP contribution in [-0.2, 0) is 0 Å². The van der Waals surface area contributed by atoms with Gasteiger partial charge in [0, 0.05) is 25.7 Å². The first-order valence-corrected chi connectivity index (χ1v) is 5.08. The van der Waals surface area contributed by atoms with Crippen LogP contribution in [0.15, 0.2) is 0 Å². The molecule has 0 saturated carbocycles. The van der Waals surface area contributed by atoms with Crippen LogP contribution in [0.2, 0.25) is 0 Å². The second kappa shape index (κ2) is 3.56. The molecule has 0 spiro atoms. The summed E-state index contributed by atoms with van der Waals surface area (Å²) in [5.74, 6) is 0. The predicted octanol–water partition coefficient (Wildman–Crippen LogP) is 1.93. The van der Waals surface area contributed by atoms with E-state index in [1.54, 1.807) is 4.90 Å². The first kappa shape index (κ1) is 10.4. The molecule has 1 saturated heterocycles. The van der Waals surface area contributed by atoms with Crippen LogP contribution in [0, 0.1) is 0 Å². The second-order valence-electron chi connectivity index (χ2n) is 4.06. The zero-order valence-electron chi connectivity index (χ0n) is 9.13. The van der Waals surface area contributed by atoms with Crippen molar-refractivity contribution in [3.63, 3.8) is 0 Å². The van der Waals surface area contributed by atoms with Gasteiger partial charge in [-0.3, -0.25) is 0 Å². The van der Waals surface area contributed by atoms with E-state index < -0.39 is 0 Å². The highest BCUT2D eigenvalue weighted by Gasteiger charge is 2.37. The Morgan fingerprint density at radius 1 is 1.31 bits per heavy atom. The molecule has 0 aromatic heterocycles. The van der Waals surface area contributed by atoms with Gasteiger partial charge < -0.3 is 9.80 Å². The molecule has 1 aliphatic heterocycles. The summed E-state index contributed by atoms with van der Waals surface area (Å²) in [6.07, 6.45) is 2.06. The van der Waals surface area contributed by atoms with Crippen molar-refractivity contribution in [3.8, 4) is 0 Å². The number of carbonyl (C=O) groups is 1. The fraction of sp³-hybridized carbons (Fsp3) is 0.900. The molecule has 0 radical (unpaired) electrons. The molecule has 0 atom stereocenters. The Morgan fingerprint density at radius 3 is 2.15 bits per heavy atom. The van der Waals surface area contributed by atoms with E-state index in [-0.39, 0.29) is 11.6 Å². The van der Waals surface area contributed by atoms with Gasteiger partial charge in [0.15, 0.2) is 0 Å². The van der Waals surface area contributed by atoms with Crippen molar-refractivity contribution in [2.45, 2.75) is 39.2 Å². The number of likely N-dealkylation sites (N-methyl/N-ethyl adjacent to an activating group) is 1. The fourth-order valence-corrected chi connectivity index (χ4v) is 1.78. The van der Waals surface area contributed by atoms with Crippen LogP contribution < -0.4 is 0 Å². The number of hydrogen-bond acceptors (Lipinski definition) is 1. The molecule has 0 aromatic rings. The monoisotopic (exact) mass is 184 g/mol. The Bertz CT molecular complexity index is 199. The van der Waals surface area contributed by atoms with Gasteiger partial charge in [-0.1, -0.05) is 13.8 Å². The Labute approximate surface area is 80.7 Å². The number of amides is 2. The third kappa shape index (κ3) is 1.64. The smallest absolute Gasteiger partial charge is 0.320 e. The highest BCUT2D eigenvalue weighted by Crippen LogP contribution is 2.26. The van der Waals surface area contributed by atoms with Gasteiger partial charge in [0.05, 0.1) is 0 Å². The Morgan fingerprint density at radius 2 is 1.85 bits per heavy atom. The summed E-state index contributed by atoms with van der Waals surface area (Å²) in [5, 5.41) is 0. The molecule has 1 rings (SSSR count). The lowest BCUT2D eigenvalue weighted by molar-refractivity contribution is 0.132. The van der Waals surface area contributed by atoms with E-state index in [4.69, 9.17) is 0 Å². The van der Waals surface area contributed by atoms with Gasteiger partial charge in [-0.2, -0.15) is 0 Å². The van der Waals surface area contributed by atoms with Crippen molar-refractivity contribution in [2.75, 3.05) is 20.1 Å². The topological polar surface area (TPSA) is 23.6 Å². The highest BCUT2D eigenvalue weighted by atomic mass is 16.2. The van der Waals surface area contributed by atoms with Crippen molar-refractivity contribution in [1.82, 2.24) is 9.80 Å². The van der Waals surface area contributed by atoms with Crippen LogP contribution >= 0.6 is 0 Å². The SMILES string of the molecule is CCC(C)(CC)N1CCN(C)C1=O. The molecular formula is C10H20N2O. The average molecular weight is 184 g/mol. The van der Waals surface area contributed by atoms with Gasteiger partial charge in [0.25, 0.3) is 0 Å². The van der Waals surface area contributed by atoms with Crippen molar-refractivity contribution < 1.29 is 4.79 Å².